The van der Waals surface area contributed by atoms with Crippen molar-refractivity contribution in [3.63, 3.8) is 0 Å². The summed E-state index contributed by atoms with van der Waals surface area (Å²) in [5, 5.41) is 0. The molecule has 0 aliphatic carbocycles. The number of rotatable bonds is 18. The molecule has 0 spiro atoms. The van der Waals surface area contributed by atoms with Crippen LogP contribution >= 0.6 is 0 Å². The maximum absolute atomic E-state index is 6.59. The lowest BCUT2D eigenvalue weighted by molar-refractivity contribution is -0.147. The quantitative estimate of drug-likeness (QED) is 0.133. The van der Waals surface area contributed by atoms with Crippen LogP contribution in [0.15, 0.2) is 60.7 Å². The van der Waals surface area contributed by atoms with Gasteiger partial charge in [0.2, 0.25) is 0 Å². The van der Waals surface area contributed by atoms with Gasteiger partial charge in [0.1, 0.15) is 17.6 Å². The fourth-order valence-corrected chi connectivity index (χ4v) is 4.28. The number of para-hydroxylation sites is 2. The topological polar surface area (TPSA) is 40.2 Å². The third-order valence-electron chi connectivity index (χ3n) is 6.32. The van der Waals surface area contributed by atoms with E-state index in [0.717, 1.165) is 44.0 Å². The van der Waals surface area contributed by atoms with E-state index >= 15 is 0 Å². The first-order valence-corrected chi connectivity index (χ1v) is 12.9. The Morgan fingerprint density at radius 2 is 1.36 bits per heavy atom. The summed E-state index contributed by atoms with van der Waals surface area (Å²) in [5.74, 6) is 1.17. The minimum absolute atomic E-state index is 0.255. The smallest absolute Gasteiger partial charge is 0.251 e. The van der Waals surface area contributed by atoms with E-state index in [9.17, 15) is 0 Å². The van der Waals surface area contributed by atoms with Crippen molar-refractivity contribution in [2.45, 2.75) is 83.5 Å². The van der Waals surface area contributed by atoms with E-state index in [1.165, 1.54) is 38.5 Å². The molecule has 182 valence electrons. The molecule has 3 rings (SSSR count). The van der Waals surface area contributed by atoms with Crippen LogP contribution in [0.2, 0.25) is 0 Å². The molecule has 33 heavy (non-hydrogen) atoms. The Labute approximate surface area is 200 Å². The van der Waals surface area contributed by atoms with Gasteiger partial charge in [0.25, 0.3) is 5.79 Å². The molecule has 1 fully saturated rings. The molecule has 0 saturated carbocycles. The van der Waals surface area contributed by atoms with Crippen LogP contribution < -0.4 is 9.47 Å². The first-order valence-electron chi connectivity index (χ1n) is 12.9. The molecule has 2 atom stereocenters. The number of epoxide rings is 1. The zero-order valence-corrected chi connectivity index (χ0v) is 20.5. The second kappa shape index (κ2) is 14.3. The summed E-state index contributed by atoms with van der Waals surface area (Å²) >= 11 is 0. The van der Waals surface area contributed by atoms with E-state index in [4.69, 9.17) is 18.9 Å². The molecule has 0 radical (unpaired) electrons. The Balaban J connectivity index is 1.66. The van der Waals surface area contributed by atoms with Crippen LogP contribution in [0.3, 0.4) is 0 Å². The lowest BCUT2D eigenvalue weighted by atomic mass is 9.88. The van der Waals surface area contributed by atoms with Gasteiger partial charge in [-0.15, -0.1) is 0 Å². The van der Waals surface area contributed by atoms with Crippen LogP contribution in [0.5, 0.6) is 11.5 Å². The lowest BCUT2D eigenvalue weighted by Crippen LogP contribution is -2.46. The molecule has 1 heterocycles. The van der Waals surface area contributed by atoms with Crippen LogP contribution in [-0.4, -0.2) is 31.7 Å². The molecule has 2 aromatic rings. The monoisotopic (exact) mass is 454 g/mol. The van der Waals surface area contributed by atoms with Crippen molar-refractivity contribution < 1.29 is 18.9 Å². The van der Waals surface area contributed by atoms with E-state index in [1.807, 2.05) is 60.7 Å². The SMILES string of the molecule is CCCCCCCC[C@H](CCCOCC1CO1)C(C)(Oc1ccccc1)Oc1ccccc1. The van der Waals surface area contributed by atoms with Crippen molar-refractivity contribution in [2.75, 3.05) is 19.8 Å². The van der Waals surface area contributed by atoms with Gasteiger partial charge in [-0.25, -0.2) is 0 Å². The van der Waals surface area contributed by atoms with Gasteiger partial charge in [0.15, 0.2) is 0 Å². The highest BCUT2D eigenvalue weighted by Gasteiger charge is 2.38. The summed E-state index contributed by atoms with van der Waals surface area (Å²) in [7, 11) is 0. The molecule has 2 aromatic carbocycles. The molecule has 0 N–H and O–H groups in total. The van der Waals surface area contributed by atoms with Gasteiger partial charge < -0.3 is 18.9 Å². The van der Waals surface area contributed by atoms with Crippen molar-refractivity contribution >= 4 is 0 Å². The van der Waals surface area contributed by atoms with Crippen LogP contribution in [0.1, 0.15) is 71.6 Å². The standard InChI is InChI=1S/C29H42O4/c1-3-4-5-6-7-10-16-25(17-15-22-30-23-28-24-31-28)29(2,32-26-18-11-8-12-19-26)33-27-20-13-9-14-21-27/h8-9,11-14,18-21,25,28H,3-7,10,15-17,22-24H2,1-2H3/t25-,28?/m1/s1. The fraction of sp³-hybridized carbons (Fsp3) is 0.586. The fourth-order valence-electron chi connectivity index (χ4n) is 4.28. The second-order valence-corrected chi connectivity index (χ2v) is 9.27. The molecule has 4 heteroatoms. The Morgan fingerprint density at radius 3 is 1.94 bits per heavy atom. The molecule has 4 nitrogen and oxygen atoms in total. The van der Waals surface area contributed by atoms with Gasteiger partial charge in [0, 0.05) is 19.4 Å². The van der Waals surface area contributed by atoms with Crippen molar-refractivity contribution in [1.29, 1.82) is 0 Å². The van der Waals surface area contributed by atoms with Crippen LogP contribution in [0, 0.1) is 5.92 Å². The predicted octanol–water partition coefficient (Wildman–Crippen LogP) is 7.42. The van der Waals surface area contributed by atoms with Crippen LogP contribution in [0.4, 0.5) is 0 Å². The van der Waals surface area contributed by atoms with Crippen molar-refractivity contribution in [3.05, 3.63) is 60.7 Å². The van der Waals surface area contributed by atoms with E-state index < -0.39 is 5.79 Å². The van der Waals surface area contributed by atoms with Gasteiger partial charge in [-0.05, 0) is 43.5 Å². The minimum atomic E-state index is -0.758. The zero-order chi connectivity index (χ0) is 23.2. The van der Waals surface area contributed by atoms with Crippen LogP contribution in [-0.2, 0) is 9.47 Å². The first kappa shape index (κ1) is 25.6. The highest BCUT2D eigenvalue weighted by molar-refractivity contribution is 5.24. The minimum Gasteiger partial charge on any atom is -0.452 e. The third kappa shape index (κ3) is 9.77. The normalized spacial score (nSPS) is 16.4. The second-order valence-electron chi connectivity index (χ2n) is 9.27. The summed E-state index contributed by atoms with van der Waals surface area (Å²) in [4.78, 5) is 0. The number of hydrogen-bond donors (Lipinski definition) is 0. The molecular formula is C29H42O4. The average Bonchev–Trinajstić information content (AvgIpc) is 3.65. The molecule has 0 bridgehead atoms. The van der Waals surface area contributed by atoms with E-state index in [2.05, 4.69) is 13.8 Å². The summed E-state index contributed by atoms with van der Waals surface area (Å²) in [6, 6.07) is 20.1. The summed E-state index contributed by atoms with van der Waals surface area (Å²) in [6.45, 7) is 6.67. The van der Waals surface area contributed by atoms with Gasteiger partial charge in [-0.3, -0.25) is 0 Å². The number of ether oxygens (including phenoxy) is 4. The predicted molar refractivity (Wildman–Crippen MR) is 134 cm³/mol. The number of benzene rings is 2. The molecule has 1 unspecified atom stereocenters. The maximum atomic E-state index is 6.59. The molecule has 0 aromatic heterocycles. The van der Waals surface area contributed by atoms with Gasteiger partial charge in [0.05, 0.1) is 13.2 Å². The molecule has 1 aliphatic heterocycles. The van der Waals surface area contributed by atoms with E-state index in [0.29, 0.717) is 12.7 Å². The third-order valence-corrected chi connectivity index (χ3v) is 6.32. The summed E-state index contributed by atoms with van der Waals surface area (Å²) < 4.78 is 24.2. The Hall–Kier alpha value is -2.04. The van der Waals surface area contributed by atoms with Crippen molar-refractivity contribution in [2.24, 2.45) is 5.92 Å². The highest BCUT2D eigenvalue weighted by atomic mass is 16.7. The van der Waals surface area contributed by atoms with E-state index in [1.54, 1.807) is 0 Å². The van der Waals surface area contributed by atoms with Gasteiger partial charge in [-0.2, -0.15) is 0 Å². The van der Waals surface area contributed by atoms with Crippen LogP contribution in [0.25, 0.3) is 0 Å². The summed E-state index contributed by atoms with van der Waals surface area (Å²) in [5.41, 5.74) is 0. The maximum Gasteiger partial charge on any atom is 0.251 e. The summed E-state index contributed by atoms with van der Waals surface area (Å²) in [6.07, 6.45) is 11.1. The van der Waals surface area contributed by atoms with Crippen molar-refractivity contribution in [1.82, 2.24) is 0 Å². The number of unbranched alkanes of at least 4 members (excludes halogenated alkanes) is 5. The molecule has 0 amide bonds. The van der Waals surface area contributed by atoms with Gasteiger partial charge >= 0.3 is 0 Å². The Morgan fingerprint density at radius 1 is 0.818 bits per heavy atom. The Bertz CT molecular complexity index is 703. The van der Waals surface area contributed by atoms with E-state index in [-0.39, 0.29) is 5.92 Å². The first-order chi connectivity index (χ1) is 16.2. The largest absolute Gasteiger partial charge is 0.452 e. The number of hydrogen-bond acceptors (Lipinski definition) is 4. The van der Waals surface area contributed by atoms with Crippen molar-refractivity contribution in [3.8, 4) is 11.5 Å². The average molecular weight is 455 g/mol. The molecular weight excluding hydrogens is 412 g/mol. The molecule has 1 aliphatic rings. The lowest BCUT2D eigenvalue weighted by Gasteiger charge is -2.38. The van der Waals surface area contributed by atoms with Gasteiger partial charge in [-0.1, -0.05) is 81.8 Å². The Kier molecular flexibility index (Phi) is 11.1. The zero-order valence-electron chi connectivity index (χ0n) is 20.5. The highest BCUT2D eigenvalue weighted by Crippen LogP contribution is 2.35. The molecule has 1 saturated heterocycles.